The molecule has 0 amide bonds. The van der Waals surface area contributed by atoms with Crippen LogP contribution in [0.25, 0.3) is 10.9 Å². The molecule has 116 valence electrons. The first-order chi connectivity index (χ1) is 10.0. The highest BCUT2D eigenvalue weighted by Crippen LogP contribution is 2.26. The van der Waals surface area contributed by atoms with Crippen LogP contribution in [0.1, 0.15) is 13.3 Å². The molecule has 0 aliphatic carbocycles. The summed E-state index contributed by atoms with van der Waals surface area (Å²) in [7, 11) is 0. The molecular formula is C15H18F3NO2. The minimum Gasteiger partial charge on any atom is -0.493 e. The third-order valence-electron chi connectivity index (χ3n) is 2.98. The Morgan fingerprint density at radius 2 is 1.95 bits per heavy atom. The largest absolute Gasteiger partial charge is 0.493 e. The predicted molar refractivity (Wildman–Crippen MR) is 74.6 cm³/mol. The van der Waals surface area contributed by atoms with Crippen LogP contribution in [0.5, 0.6) is 5.75 Å². The number of fused-ring (bicyclic) bond motifs is 1. The van der Waals surface area contributed by atoms with E-state index in [1.165, 1.54) is 0 Å². The normalized spacial score (nSPS) is 12.0. The molecule has 0 saturated carbocycles. The molecule has 1 aromatic carbocycles. The molecule has 2 rings (SSSR count). The van der Waals surface area contributed by atoms with Gasteiger partial charge in [-0.2, -0.15) is 13.2 Å². The van der Waals surface area contributed by atoms with Crippen molar-refractivity contribution < 1.29 is 22.6 Å². The lowest BCUT2D eigenvalue weighted by Gasteiger charge is -2.10. The van der Waals surface area contributed by atoms with Crippen molar-refractivity contribution in [3.63, 3.8) is 0 Å². The number of benzene rings is 1. The summed E-state index contributed by atoms with van der Waals surface area (Å²) in [6.45, 7) is 1.85. The van der Waals surface area contributed by atoms with E-state index in [1.807, 2.05) is 42.0 Å². The first-order valence-electron chi connectivity index (χ1n) is 6.86. The van der Waals surface area contributed by atoms with Crippen LogP contribution in [0, 0.1) is 0 Å². The van der Waals surface area contributed by atoms with Gasteiger partial charge in [0.05, 0.1) is 18.7 Å². The maximum Gasteiger partial charge on any atom is 0.411 e. The molecule has 0 saturated heterocycles. The summed E-state index contributed by atoms with van der Waals surface area (Å²) in [4.78, 5) is 0. The van der Waals surface area contributed by atoms with Gasteiger partial charge in [0.2, 0.25) is 0 Å². The number of rotatable bonds is 7. The summed E-state index contributed by atoms with van der Waals surface area (Å²) in [6.07, 6.45) is -1.53. The van der Waals surface area contributed by atoms with E-state index in [2.05, 4.69) is 4.74 Å². The molecule has 1 heterocycles. The number of alkyl halides is 3. The van der Waals surface area contributed by atoms with Crippen molar-refractivity contribution >= 4 is 10.9 Å². The zero-order valence-electron chi connectivity index (χ0n) is 11.8. The summed E-state index contributed by atoms with van der Waals surface area (Å²) in [5.41, 5.74) is 0.930. The van der Waals surface area contributed by atoms with Crippen molar-refractivity contribution in [3.8, 4) is 5.75 Å². The number of hydrogen-bond acceptors (Lipinski definition) is 2. The number of hydrogen-bond donors (Lipinski definition) is 0. The van der Waals surface area contributed by atoms with Gasteiger partial charge < -0.3 is 14.0 Å². The molecule has 0 atom stereocenters. The second kappa shape index (κ2) is 6.85. The van der Waals surface area contributed by atoms with Crippen molar-refractivity contribution in [2.75, 3.05) is 19.8 Å². The molecule has 0 N–H and O–H groups in total. The van der Waals surface area contributed by atoms with Gasteiger partial charge in [0.15, 0.2) is 0 Å². The Labute approximate surface area is 121 Å². The highest BCUT2D eigenvalue weighted by Gasteiger charge is 2.27. The van der Waals surface area contributed by atoms with Gasteiger partial charge in [-0.3, -0.25) is 0 Å². The van der Waals surface area contributed by atoms with E-state index in [0.717, 1.165) is 23.1 Å². The Kier molecular flexibility index (Phi) is 5.12. The van der Waals surface area contributed by atoms with Gasteiger partial charge in [-0.15, -0.1) is 0 Å². The lowest BCUT2D eigenvalue weighted by Crippen LogP contribution is -2.18. The summed E-state index contributed by atoms with van der Waals surface area (Å²) in [5.74, 6) is 0.796. The van der Waals surface area contributed by atoms with Gasteiger partial charge in [-0.1, -0.05) is 13.0 Å². The van der Waals surface area contributed by atoms with E-state index >= 15 is 0 Å². The molecule has 0 fully saturated rings. The standard InChI is InChI=1S/C15H18F3NO2/c1-2-9-21-14-5-3-4-13-12(14)6-7-19(13)8-10-20-11-15(16,17)18/h3-7H,2,8-11H2,1H3. The lowest BCUT2D eigenvalue weighted by molar-refractivity contribution is -0.174. The summed E-state index contributed by atoms with van der Waals surface area (Å²) >= 11 is 0. The number of nitrogens with zero attached hydrogens (tertiary/aromatic N) is 1. The zero-order chi connectivity index (χ0) is 15.3. The van der Waals surface area contributed by atoms with E-state index in [-0.39, 0.29) is 6.61 Å². The molecular weight excluding hydrogens is 283 g/mol. The van der Waals surface area contributed by atoms with E-state index in [1.54, 1.807) is 0 Å². The van der Waals surface area contributed by atoms with Crippen LogP contribution in [0.3, 0.4) is 0 Å². The quantitative estimate of drug-likeness (QED) is 0.721. The van der Waals surface area contributed by atoms with Crippen LogP contribution in [-0.2, 0) is 11.3 Å². The molecule has 3 nitrogen and oxygen atoms in total. The SMILES string of the molecule is CCCOc1cccc2c1ccn2CCOCC(F)(F)F. The van der Waals surface area contributed by atoms with Crippen LogP contribution in [-0.4, -0.2) is 30.6 Å². The number of aromatic nitrogens is 1. The summed E-state index contributed by atoms with van der Waals surface area (Å²) in [6, 6.07) is 7.59. The number of halogens is 3. The molecule has 0 radical (unpaired) electrons. The fourth-order valence-corrected chi connectivity index (χ4v) is 2.08. The molecule has 0 unspecified atom stereocenters. The van der Waals surface area contributed by atoms with Gasteiger partial charge in [-0.05, 0) is 24.6 Å². The van der Waals surface area contributed by atoms with Crippen molar-refractivity contribution in [2.45, 2.75) is 26.1 Å². The average molecular weight is 301 g/mol. The zero-order valence-corrected chi connectivity index (χ0v) is 11.8. The Morgan fingerprint density at radius 1 is 1.14 bits per heavy atom. The van der Waals surface area contributed by atoms with E-state index < -0.39 is 12.8 Å². The van der Waals surface area contributed by atoms with Crippen LogP contribution in [0.4, 0.5) is 13.2 Å². The Bertz CT molecular complexity index is 578. The van der Waals surface area contributed by atoms with Crippen molar-refractivity contribution in [2.24, 2.45) is 0 Å². The number of ether oxygens (including phenoxy) is 2. The smallest absolute Gasteiger partial charge is 0.411 e. The van der Waals surface area contributed by atoms with Crippen molar-refractivity contribution in [1.82, 2.24) is 4.57 Å². The minimum atomic E-state index is -4.28. The van der Waals surface area contributed by atoms with Crippen LogP contribution < -0.4 is 4.74 Å². The topological polar surface area (TPSA) is 23.4 Å². The van der Waals surface area contributed by atoms with Gasteiger partial charge in [0.25, 0.3) is 0 Å². The highest BCUT2D eigenvalue weighted by molar-refractivity contribution is 5.86. The fraction of sp³-hybridized carbons (Fsp3) is 0.467. The third-order valence-corrected chi connectivity index (χ3v) is 2.98. The lowest BCUT2D eigenvalue weighted by atomic mass is 10.2. The monoisotopic (exact) mass is 301 g/mol. The second-order valence-corrected chi connectivity index (χ2v) is 4.71. The molecule has 1 aromatic heterocycles. The third kappa shape index (κ3) is 4.39. The van der Waals surface area contributed by atoms with Gasteiger partial charge in [-0.25, -0.2) is 0 Å². The van der Waals surface area contributed by atoms with Gasteiger partial charge >= 0.3 is 6.18 Å². The average Bonchev–Trinajstić information content (AvgIpc) is 2.84. The highest BCUT2D eigenvalue weighted by atomic mass is 19.4. The molecule has 0 aliphatic heterocycles. The Balaban J connectivity index is 2.01. The van der Waals surface area contributed by atoms with E-state index in [4.69, 9.17) is 4.74 Å². The molecule has 21 heavy (non-hydrogen) atoms. The van der Waals surface area contributed by atoms with Crippen LogP contribution in [0.15, 0.2) is 30.5 Å². The van der Waals surface area contributed by atoms with Gasteiger partial charge in [0.1, 0.15) is 12.4 Å². The maximum atomic E-state index is 12.0. The van der Waals surface area contributed by atoms with Crippen molar-refractivity contribution in [3.05, 3.63) is 30.5 Å². The second-order valence-electron chi connectivity index (χ2n) is 4.71. The summed E-state index contributed by atoms with van der Waals surface area (Å²) < 4.78 is 48.2. The van der Waals surface area contributed by atoms with Crippen molar-refractivity contribution in [1.29, 1.82) is 0 Å². The molecule has 0 bridgehead atoms. The Morgan fingerprint density at radius 3 is 2.67 bits per heavy atom. The Hall–Kier alpha value is -1.69. The fourth-order valence-electron chi connectivity index (χ4n) is 2.08. The van der Waals surface area contributed by atoms with Gasteiger partial charge in [0, 0.05) is 18.1 Å². The molecule has 0 aliphatic rings. The first kappa shape index (κ1) is 15.7. The first-order valence-corrected chi connectivity index (χ1v) is 6.86. The van der Waals surface area contributed by atoms with Crippen LogP contribution >= 0.6 is 0 Å². The summed E-state index contributed by atoms with van der Waals surface area (Å²) in [5, 5.41) is 0.960. The predicted octanol–water partition coefficient (Wildman–Crippen LogP) is 4.01. The van der Waals surface area contributed by atoms with Crippen LogP contribution in [0.2, 0.25) is 0 Å². The molecule has 2 aromatic rings. The van der Waals surface area contributed by atoms with E-state index in [0.29, 0.717) is 13.2 Å². The van der Waals surface area contributed by atoms with E-state index in [9.17, 15) is 13.2 Å². The molecule has 6 heteroatoms. The minimum absolute atomic E-state index is 0.0172. The maximum absolute atomic E-state index is 12.0. The molecule has 0 spiro atoms.